The van der Waals surface area contributed by atoms with Gasteiger partial charge in [0.25, 0.3) is 0 Å². The molecular formula is C14H18N2O3. The van der Waals surface area contributed by atoms with E-state index in [0.717, 1.165) is 18.4 Å². The lowest BCUT2D eigenvalue weighted by Crippen LogP contribution is -2.43. The molecule has 0 aliphatic heterocycles. The molecule has 1 aromatic rings. The smallest absolute Gasteiger partial charge is 0.329 e. The summed E-state index contributed by atoms with van der Waals surface area (Å²) in [5.74, 6) is -1.29. The average Bonchev–Trinajstić information content (AvgIpc) is 2.78. The van der Waals surface area contributed by atoms with Gasteiger partial charge in [0.05, 0.1) is 0 Å². The second kappa shape index (κ2) is 4.91. The number of carboxylic acids is 1. The summed E-state index contributed by atoms with van der Waals surface area (Å²) in [6.45, 7) is 1.79. The third-order valence-corrected chi connectivity index (χ3v) is 3.74. The molecule has 1 amide bonds. The number of nitrogens with one attached hydrogen (secondary N) is 1. The minimum atomic E-state index is -0.874. The molecule has 0 atom stereocenters. The van der Waals surface area contributed by atoms with Crippen LogP contribution in [0.5, 0.6) is 0 Å². The topological polar surface area (TPSA) is 92.4 Å². The molecule has 1 saturated carbocycles. The Labute approximate surface area is 111 Å². The van der Waals surface area contributed by atoms with Crippen LogP contribution in [0.25, 0.3) is 0 Å². The van der Waals surface area contributed by atoms with Crippen molar-refractivity contribution in [2.45, 2.75) is 38.1 Å². The number of anilines is 1. The summed E-state index contributed by atoms with van der Waals surface area (Å²) in [6, 6.07) is 5.10. The van der Waals surface area contributed by atoms with Gasteiger partial charge in [-0.3, -0.25) is 4.79 Å². The molecule has 0 bridgehead atoms. The number of hydrogen-bond donors (Lipinski definition) is 3. The van der Waals surface area contributed by atoms with Crippen LogP contribution < -0.4 is 11.1 Å². The molecule has 0 saturated heterocycles. The highest BCUT2D eigenvalue weighted by atomic mass is 16.4. The van der Waals surface area contributed by atoms with Gasteiger partial charge in [0.2, 0.25) is 5.91 Å². The molecule has 0 spiro atoms. The zero-order chi connectivity index (χ0) is 14.0. The van der Waals surface area contributed by atoms with Crippen molar-refractivity contribution in [3.63, 3.8) is 0 Å². The molecule has 1 aliphatic rings. The lowest BCUT2D eigenvalue weighted by molar-refractivity contribution is -0.142. The first-order chi connectivity index (χ1) is 8.94. The van der Waals surface area contributed by atoms with Crippen LogP contribution in [0.2, 0.25) is 0 Å². The molecule has 2 rings (SSSR count). The summed E-state index contributed by atoms with van der Waals surface area (Å²) in [5, 5.41) is 12.5. The number of hydrogen-bond acceptors (Lipinski definition) is 3. The second-order valence-electron chi connectivity index (χ2n) is 5.11. The molecule has 1 fully saturated rings. The standard InChI is InChI=1S/C14H18N2O3/c1-9-8-10(4-5-11(9)12(15)17)16-14(13(18)19)6-2-3-7-14/h4-5,8,16H,2-3,6-7H2,1H3,(H2,15,17)(H,18,19). The van der Waals surface area contributed by atoms with Gasteiger partial charge < -0.3 is 16.2 Å². The number of primary amides is 1. The predicted octanol–water partition coefficient (Wildman–Crippen LogP) is 1.90. The van der Waals surface area contributed by atoms with Crippen molar-refractivity contribution >= 4 is 17.6 Å². The van der Waals surface area contributed by atoms with Crippen molar-refractivity contribution in [1.82, 2.24) is 0 Å². The van der Waals surface area contributed by atoms with Crippen LogP contribution in [0.4, 0.5) is 5.69 Å². The quantitative estimate of drug-likeness (QED) is 0.772. The zero-order valence-electron chi connectivity index (χ0n) is 10.9. The first kappa shape index (κ1) is 13.4. The van der Waals surface area contributed by atoms with E-state index in [1.165, 1.54) is 0 Å². The van der Waals surface area contributed by atoms with Gasteiger partial charge in [0, 0.05) is 11.3 Å². The lowest BCUT2D eigenvalue weighted by atomic mass is 9.96. The maximum Gasteiger partial charge on any atom is 0.329 e. The number of rotatable bonds is 4. The lowest BCUT2D eigenvalue weighted by Gasteiger charge is -2.27. The van der Waals surface area contributed by atoms with E-state index in [-0.39, 0.29) is 0 Å². The molecule has 5 nitrogen and oxygen atoms in total. The number of carbonyl (C=O) groups is 2. The Bertz CT molecular complexity index is 519. The van der Waals surface area contributed by atoms with Gasteiger partial charge in [-0.2, -0.15) is 0 Å². The Morgan fingerprint density at radius 2 is 1.95 bits per heavy atom. The maximum atomic E-state index is 11.5. The van der Waals surface area contributed by atoms with E-state index in [1.54, 1.807) is 25.1 Å². The summed E-state index contributed by atoms with van der Waals surface area (Å²) in [4.78, 5) is 22.6. The summed E-state index contributed by atoms with van der Waals surface area (Å²) < 4.78 is 0. The molecule has 5 heteroatoms. The van der Waals surface area contributed by atoms with Gasteiger partial charge in [0.15, 0.2) is 0 Å². The van der Waals surface area contributed by atoms with Crippen molar-refractivity contribution in [2.75, 3.05) is 5.32 Å². The van der Waals surface area contributed by atoms with Crippen molar-refractivity contribution in [3.8, 4) is 0 Å². The van der Waals surface area contributed by atoms with E-state index >= 15 is 0 Å². The molecule has 0 heterocycles. The predicted molar refractivity (Wildman–Crippen MR) is 72.2 cm³/mol. The normalized spacial score (nSPS) is 17.1. The Balaban J connectivity index is 2.26. The van der Waals surface area contributed by atoms with Crippen molar-refractivity contribution < 1.29 is 14.7 Å². The highest BCUT2D eigenvalue weighted by molar-refractivity contribution is 5.94. The monoisotopic (exact) mass is 262 g/mol. The Kier molecular flexibility index (Phi) is 3.46. The third kappa shape index (κ3) is 2.54. The zero-order valence-corrected chi connectivity index (χ0v) is 10.9. The molecular weight excluding hydrogens is 244 g/mol. The Morgan fingerprint density at radius 1 is 1.32 bits per heavy atom. The van der Waals surface area contributed by atoms with E-state index in [0.29, 0.717) is 24.1 Å². The van der Waals surface area contributed by atoms with Crippen LogP contribution in [0, 0.1) is 6.92 Å². The fourth-order valence-corrected chi connectivity index (χ4v) is 2.67. The van der Waals surface area contributed by atoms with E-state index < -0.39 is 17.4 Å². The summed E-state index contributed by atoms with van der Waals surface area (Å²) in [6.07, 6.45) is 3.08. The van der Waals surface area contributed by atoms with Gasteiger partial charge in [-0.25, -0.2) is 4.79 Å². The molecule has 1 aromatic carbocycles. The molecule has 102 valence electrons. The maximum absolute atomic E-state index is 11.5. The summed E-state index contributed by atoms with van der Waals surface area (Å²) >= 11 is 0. The molecule has 19 heavy (non-hydrogen) atoms. The van der Waals surface area contributed by atoms with Crippen molar-refractivity contribution in [2.24, 2.45) is 5.73 Å². The first-order valence-corrected chi connectivity index (χ1v) is 6.37. The van der Waals surface area contributed by atoms with Crippen LogP contribution in [0.15, 0.2) is 18.2 Å². The van der Waals surface area contributed by atoms with Crippen LogP contribution >= 0.6 is 0 Å². The number of amides is 1. The number of nitrogens with two attached hydrogens (primary N) is 1. The largest absolute Gasteiger partial charge is 0.480 e. The SMILES string of the molecule is Cc1cc(NC2(C(=O)O)CCCC2)ccc1C(N)=O. The van der Waals surface area contributed by atoms with Crippen LogP contribution in [-0.4, -0.2) is 22.5 Å². The highest BCUT2D eigenvalue weighted by Gasteiger charge is 2.41. The van der Waals surface area contributed by atoms with Crippen LogP contribution in [0.3, 0.4) is 0 Å². The minimum absolute atomic E-state index is 0.460. The first-order valence-electron chi connectivity index (χ1n) is 6.37. The van der Waals surface area contributed by atoms with Crippen molar-refractivity contribution in [3.05, 3.63) is 29.3 Å². The molecule has 0 unspecified atom stereocenters. The summed E-state index contributed by atoms with van der Waals surface area (Å²) in [5.41, 5.74) is 6.30. The van der Waals surface area contributed by atoms with Crippen LogP contribution in [0.1, 0.15) is 41.6 Å². The minimum Gasteiger partial charge on any atom is -0.480 e. The third-order valence-electron chi connectivity index (χ3n) is 3.74. The number of carbonyl (C=O) groups excluding carboxylic acids is 1. The molecule has 0 aromatic heterocycles. The molecule has 0 radical (unpaired) electrons. The van der Waals surface area contributed by atoms with E-state index in [2.05, 4.69) is 5.32 Å². The average molecular weight is 262 g/mol. The fraction of sp³-hybridized carbons (Fsp3) is 0.429. The second-order valence-corrected chi connectivity index (χ2v) is 5.11. The van der Waals surface area contributed by atoms with E-state index in [1.807, 2.05) is 0 Å². The number of benzene rings is 1. The van der Waals surface area contributed by atoms with Gasteiger partial charge in [0.1, 0.15) is 5.54 Å². The van der Waals surface area contributed by atoms with E-state index in [9.17, 15) is 14.7 Å². The summed E-state index contributed by atoms with van der Waals surface area (Å²) in [7, 11) is 0. The van der Waals surface area contributed by atoms with Crippen LogP contribution in [-0.2, 0) is 4.79 Å². The Morgan fingerprint density at radius 3 is 2.42 bits per heavy atom. The van der Waals surface area contributed by atoms with Gasteiger partial charge in [-0.15, -0.1) is 0 Å². The van der Waals surface area contributed by atoms with Crippen molar-refractivity contribution in [1.29, 1.82) is 0 Å². The van der Waals surface area contributed by atoms with Gasteiger partial charge in [-0.05, 0) is 43.5 Å². The molecule has 4 N–H and O–H groups in total. The van der Waals surface area contributed by atoms with E-state index in [4.69, 9.17) is 5.73 Å². The Hall–Kier alpha value is -2.04. The van der Waals surface area contributed by atoms with Gasteiger partial charge in [-0.1, -0.05) is 12.8 Å². The van der Waals surface area contributed by atoms with Gasteiger partial charge >= 0.3 is 5.97 Å². The molecule has 1 aliphatic carbocycles. The number of aliphatic carboxylic acids is 1. The number of aryl methyl sites for hydroxylation is 1. The fourth-order valence-electron chi connectivity index (χ4n) is 2.67. The number of carboxylic acid groups (broad SMARTS) is 1. The highest BCUT2D eigenvalue weighted by Crippen LogP contribution is 2.33.